The monoisotopic (exact) mass is 364 g/mol. The zero-order chi connectivity index (χ0) is 19.0. The molecule has 4 rings (SSSR count). The fourth-order valence-electron chi connectivity index (χ4n) is 4.33. The molecule has 4 nitrogen and oxygen atoms in total. The van der Waals surface area contributed by atoms with Gasteiger partial charge in [0.05, 0.1) is 29.6 Å². The predicted octanol–water partition coefficient (Wildman–Crippen LogP) is 3.29. The standard InChI is InChI=1S/C23H25NO3/c1-15-7-6-12-24(13-15)14-19-20(25)11-10-18-22(26)21(16(2)27-23(18)19)17-8-4-3-5-9-17/h3-5,8-11,15,25H,6-7,12-14H2,1-2H3/p+1/t15-/m0/s1. The first-order chi connectivity index (χ1) is 13.0. The lowest BCUT2D eigenvalue weighted by atomic mass is 9.98. The van der Waals surface area contributed by atoms with E-state index in [0.717, 1.165) is 24.2 Å². The maximum absolute atomic E-state index is 13.2. The van der Waals surface area contributed by atoms with Gasteiger partial charge in [0.1, 0.15) is 18.1 Å². The smallest absolute Gasteiger partial charge is 0.200 e. The largest absolute Gasteiger partial charge is 0.507 e. The van der Waals surface area contributed by atoms with Crippen LogP contribution in [0, 0.1) is 12.8 Å². The first-order valence-electron chi connectivity index (χ1n) is 9.72. The van der Waals surface area contributed by atoms with E-state index in [9.17, 15) is 9.90 Å². The highest BCUT2D eigenvalue weighted by molar-refractivity contribution is 5.86. The highest BCUT2D eigenvalue weighted by atomic mass is 16.3. The Labute approximate surface area is 159 Å². The second-order valence-electron chi connectivity index (χ2n) is 7.80. The average Bonchev–Trinajstić information content (AvgIpc) is 2.65. The predicted molar refractivity (Wildman–Crippen MR) is 107 cm³/mol. The summed E-state index contributed by atoms with van der Waals surface area (Å²) in [4.78, 5) is 14.6. The molecule has 1 saturated heterocycles. The van der Waals surface area contributed by atoms with Crippen molar-refractivity contribution in [2.75, 3.05) is 13.1 Å². The molecule has 1 unspecified atom stereocenters. The number of piperidine rings is 1. The first kappa shape index (κ1) is 17.8. The highest BCUT2D eigenvalue weighted by Gasteiger charge is 2.24. The van der Waals surface area contributed by atoms with Gasteiger partial charge in [-0.3, -0.25) is 4.79 Å². The van der Waals surface area contributed by atoms with Crippen molar-refractivity contribution in [3.05, 3.63) is 64.0 Å². The molecule has 0 radical (unpaired) electrons. The van der Waals surface area contributed by atoms with E-state index in [1.54, 1.807) is 12.1 Å². The van der Waals surface area contributed by atoms with Gasteiger partial charge in [0.25, 0.3) is 0 Å². The van der Waals surface area contributed by atoms with Gasteiger partial charge in [-0.15, -0.1) is 0 Å². The summed E-state index contributed by atoms with van der Waals surface area (Å²) in [7, 11) is 0. The fourth-order valence-corrected chi connectivity index (χ4v) is 4.33. The Morgan fingerprint density at radius 3 is 2.70 bits per heavy atom. The van der Waals surface area contributed by atoms with E-state index >= 15 is 0 Å². The van der Waals surface area contributed by atoms with Crippen molar-refractivity contribution >= 4 is 11.0 Å². The third-order valence-electron chi connectivity index (χ3n) is 5.67. The number of benzene rings is 2. The molecule has 1 aliphatic heterocycles. The molecule has 2 aromatic carbocycles. The van der Waals surface area contributed by atoms with Gasteiger partial charge in [-0.05, 0) is 37.5 Å². The quantitative estimate of drug-likeness (QED) is 0.750. The molecule has 27 heavy (non-hydrogen) atoms. The molecule has 4 heteroatoms. The molecule has 2 N–H and O–H groups in total. The van der Waals surface area contributed by atoms with Gasteiger partial charge in [0, 0.05) is 5.92 Å². The maximum atomic E-state index is 13.2. The minimum atomic E-state index is -0.0387. The number of phenolic OH excluding ortho intramolecular Hbond substituents is 1. The third-order valence-corrected chi connectivity index (χ3v) is 5.67. The Morgan fingerprint density at radius 1 is 1.19 bits per heavy atom. The van der Waals surface area contributed by atoms with Crippen LogP contribution in [0.15, 0.2) is 51.7 Å². The lowest BCUT2D eigenvalue weighted by Gasteiger charge is -2.28. The first-order valence-corrected chi connectivity index (χ1v) is 9.72. The normalized spacial score (nSPS) is 20.1. The molecule has 1 fully saturated rings. The van der Waals surface area contributed by atoms with Gasteiger partial charge in [0.15, 0.2) is 5.58 Å². The van der Waals surface area contributed by atoms with Crippen molar-refractivity contribution in [2.24, 2.45) is 5.92 Å². The zero-order valence-electron chi connectivity index (χ0n) is 15.9. The average molecular weight is 364 g/mol. The number of quaternary nitrogens is 1. The highest BCUT2D eigenvalue weighted by Crippen LogP contribution is 2.29. The summed E-state index contributed by atoms with van der Waals surface area (Å²) in [6, 6.07) is 12.9. The molecular weight excluding hydrogens is 338 g/mol. The van der Waals surface area contributed by atoms with E-state index < -0.39 is 0 Å². The van der Waals surface area contributed by atoms with Crippen LogP contribution in [-0.2, 0) is 6.54 Å². The summed E-state index contributed by atoms with van der Waals surface area (Å²) < 4.78 is 6.14. The number of hydrogen-bond acceptors (Lipinski definition) is 3. The number of aryl methyl sites for hydroxylation is 1. The SMILES string of the molecule is Cc1oc2c(C[NH+]3CCC[C@H](C)C3)c(O)ccc2c(=O)c1-c1ccccc1. The minimum Gasteiger partial charge on any atom is -0.507 e. The van der Waals surface area contributed by atoms with E-state index in [1.807, 2.05) is 37.3 Å². The molecule has 2 atom stereocenters. The van der Waals surface area contributed by atoms with E-state index in [2.05, 4.69) is 6.92 Å². The van der Waals surface area contributed by atoms with Crippen LogP contribution >= 0.6 is 0 Å². The van der Waals surface area contributed by atoms with Crippen LogP contribution in [0.2, 0.25) is 0 Å². The number of likely N-dealkylation sites (tertiary alicyclic amines) is 1. The van der Waals surface area contributed by atoms with E-state index in [4.69, 9.17) is 4.42 Å². The molecule has 0 spiro atoms. The van der Waals surface area contributed by atoms with Crippen LogP contribution in [-0.4, -0.2) is 18.2 Å². The van der Waals surface area contributed by atoms with Gasteiger partial charge < -0.3 is 14.4 Å². The lowest BCUT2D eigenvalue weighted by molar-refractivity contribution is -0.922. The van der Waals surface area contributed by atoms with Gasteiger partial charge >= 0.3 is 0 Å². The Bertz CT molecular complexity index is 1020. The van der Waals surface area contributed by atoms with Crippen LogP contribution in [0.1, 0.15) is 31.1 Å². The van der Waals surface area contributed by atoms with E-state index in [1.165, 1.54) is 17.7 Å². The van der Waals surface area contributed by atoms with Gasteiger partial charge in [0.2, 0.25) is 5.43 Å². The summed E-state index contributed by atoms with van der Waals surface area (Å²) in [5.74, 6) is 1.49. The molecule has 3 aromatic rings. The van der Waals surface area contributed by atoms with Gasteiger partial charge in [-0.25, -0.2) is 0 Å². The molecule has 1 aromatic heterocycles. The Morgan fingerprint density at radius 2 is 1.96 bits per heavy atom. The number of phenols is 1. The number of aromatic hydroxyl groups is 1. The van der Waals surface area contributed by atoms with Crippen molar-refractivity contribution in [3.63, 3.8) is 0 Å². The van der Waals surface area contributed by atoms with Crippen molar-refractivity contribution in [2.45, 2.75) is 33.2 Å². The fraction of sp³-hybridized carbons (Fsp3) is 0.348. The molecule has 0 aliphatic carbocycles. The second-order valence-corrected chi connectivity index (χ2v) is 7.80. The van der Waals surface area contributed by atoms with E-state index in [-0.39, 0.29) is 11.2 Å². The van der Waals surface area contributed by atoms with Crippen LogP contribution in [0.4, 0.5) is 0 Å². The minimum absolute atomic E-state index is 0.0387. The van der Waals surface area contributed by atoms with Crippen molar-refractivity contribution in [1.82, 2.24) is 0 Å². The van der Waals surface area contributed by atoms with Crippen LogP contribution < -0.4 is 10.3 Å². The Kier molecular flexibility index (Phi) is 4.75. The number of nitrogens with one attached hydrogen (secondary N) is 1. The van der Waals surface area contributed by atoms with Gasteiger partial charge in [-0.2, -0.15) is 0 Å². The number of hydrogen-bond donors (Lipinski definition) is 2. The molecule has 0 bridgehead atoms. The Balaban J connectivity index is 1.84. The molecule has 2 heterocycles. The van der Waals surface area contributed by atoms with Gasteiger partial charge in [-0.1, -0.05) is 37.3 Å². The molecular formula is C23H26NO3+. The summed E-state index contributed by atoms with van der Waals surface area (Å²) in [5.41, 5.74) is 2.69. The molecule has 140 valence electrons. The van der Waals surface area contributed by atoms with Crippen molar-refractivity contribution < 1.29 is 14.4 Å². The zero-order valence-corrected chi connectivity index (χ0v) is 15.9. The number of rotatable bonds is 3. The van der Waals surface area contributed by atoms with Crippen molar-refractivity contribution in [1.29, 1.82) is 0 Å². The van der Waals surface area contributed by atoms with E-state index in [0.29, 0.717) is 34.8 Å². The van der Waals surface area contributed by atoms with Crippen LogP contribution in [0.3, 0.4) is 0 Å². The second kappa shape index (κ2) is 7.20. The Hall–Kier alpha value is -2.59. The molecule has 0 amide bonds. The lowest BCUT2D eigenvalue weighted by Crippen LogP contribution is -3.12. The third kappa shape index (κ3) is 3.37. The van der Waals surface area contributed by atoms with Crippen LogP contribution in [0.5, 0.6) is 5.75 Å². The summed E-state index contributed by atoms with van der Waals surface area (Å²) in [5, 5.41) is 11.0. The summed E-state index contributed by atoms with van der Waals surface area (Å²) in [6.45, 7) is 6.96. The van der Waals surface area contributed by atoms with Crippen molar-refractivity contribution in [3.8, 4) is 16.9 Å². The summed E-state index contributed by atoms with van der Waals surface area (Å²) >= 11 is 0. The van der Waals surface area contributed by atoms with Crippen LogP contribution in [0.25, 0.3) is 22.1 Å². The molecule has 1 aliphatic rings. The maximum Gasteiger partial charge on any atom is 0.200 e. The number of fused-ring (bicyclic) bond motifs is 1. The summed E-state index contributed by atoms with van der Waals surface area (Å²) in [6.07, 6.45) is 2.46. The molecule has 0 saturated carbocycles. The topological polar surface area (TPSA) is 54.9 Å².